The van der Waals surface area contributed by atoms with Crippen LogP contribution in [0.3, 0.4) is 0 Å². The molecule has 3 rings (SSSR count). The van der Waals surface area contributed by atoms with Gasteiger partial charge in [-0.1, -0.05) is 30.3 Å². The van der Waals surface area contributed by atoms with Crippen molar-refractivity contribution in [3.05, 3.63) is 76.1 Å². The summed E-state index contributed by atoms with van der Waals surface area (Å²) in [5, 5.41) is 3.12. The summed E-state index contributed by atoms with van der Waals surface area (Å²) in [7, 11) is -3.35. The fraction of sp³-hybridized carbons (Fsp3) is 0.238. The standard InChI is InChI=1S/C21H22NO6P/c1-3-26-29(25,27-4-2)14-15-9-5-7-11-17(15)22-21(24)20-13-18(23)16-10-6-8-12-19(16)28-20/h5-13H,3-4,14H2,1-2H3,(H,22,24). The lowest BCUT2D eigenvalue weighted by atomic mass is 10.2. The minimum Gasteiger partial charge on any atom is -0.451 e. The van der Waals surface area contributed by atoms with E-state index < -0.39 is 13.5 Å². The van der Waals surface area contributed by atoms with Crippen LogP contribution in [0.1, 0.15) is 30.0 Å². The van der Waals surface area contributed by atoms with E-state index >= 15 is 0 Å². The zero-order valence-electron chi connectivity index (χ0n) is 16.2. The Morgan fingerprint density at radius 2 is 1.69 bits per heavy atom. The maximum absolute atomic E-state index is 12.9. The van der Waals surface area contributed by atoms with Gasteiger partial charge in [-0.3, -0.25) is 14.2 Å². The van der Waals surface area contributed by atoms with Crippen LogP contribution in [-0.4, -0.2) is 19.1 Å². The summed E-state index contributed by atoms with van der Waals surface area (Å²) >= 11 is 0. The number of carbonyl (C=O) groups excluding carboxylic acids is 1. The summed E-state index contributed by atoms with van der Waals surface area (Å²) < 4.78 is 29.1. The average Bonchev–Trinajstić information content (AvgIpc) is 2.69. The Morgan fingerprint density at radius 3 is 2.41 bits per heavy atom. The third kappa shape index (κ3) is 5.01. The molecule has 0 aliphatic carbocycles. The number of anilines is 1. The van der Waals surface area contributed by atoms with E-state index in [9.17, 15) is 14.2 Å². The molecule has 1 N–H and O–H groups in total. The van der Waals surface area contributed by atoms with Crippen molar-refractivity contribution >= 4 is 30.2 Å². The van der Waals surface area contributed by atoms with E-state index in [2.05, 4.69) is 5.32 Å². The van der Waals surface area contributed by atoms with Gasteiger partial charge in [0.05, 0.1) is 24.8 Å². The van der Waals surface area contributed by atoms with E-state index in [0.29, 0.717) is 22.2 Å². The molecule has 0 radical (unpaired) electrons. The third-order valence-electron chi connectivity index (χ3n) is 4.14. The molecule has 0 fully saturated rings. The molecule has 8 heteroatoms. The largest absolute Gasteiger partial charge is 0.451 e. The quantitative estimate of drug-likeness (QED) is 0.531. The van der Waals surface area contributed by atoms with Crippen LogP contribution in [0, 0.1) is 0 Å². The predicted octanol–water partition coefficient (Wildman–Crippen LogP) is 4.81. The van der Waals surface area contributed by atoms with Gasteiger partial charge in [0.1, 0.15) is 5.58 Å². The summed E-state index contributed by atoms with van der Waals surface area (Å²) in [5.41, 5.74) is 1.06. The maximum Gasteiger partial charge on any atom is 0.335 e. The van der Waals surface area contributed by atoms with Crippen molar-refractivity contribution in [3.63, 3.8) is 0 Å². The second kappa shape index (κ2) is 9.18. The second-order valence-corrected chi connectivity index (χ2v) is 8.24. The number of carbonyl (C=O) groups is 1. The van der Waals surface area contributed by atoms with Crippen molar-refractivity contribution in [1.82, 2.24) is 0 Å². The molecule has 7 nitrogen and oxygen atoms in total. The fourth-order valence-electron chi connectivity index (χ4n) is 2.91. The van der Waals surface area contributed by atoms with Gasteiger partial charge in [-0.2, -0.15) is 0 Å². The van der Waals surface area contributed by atoms with Gasteiger partial charge in [-0.25, -0.2) is 0 Å². The molecule has 0 saturated carbocycles. The Kier molecular flexibility index (Phi) is 6.64. The van der Waals surface area contributed by atoms with Crippen LogP contribution in [0.15, 0.2) is 63.8 Å². The van der Waals surface area contributed by atoms with Crippen LogP contribution in [0.25, 0.3) is 11.0 Å². The number of amides is 1. The van der Waals surface area contributed by atoms with Crippen LogP contribution in [0.4, 0.5) is 5.69 Å². The lowest BCUT2D eigenvalue weighted by Crippen LogP contribution is -2.16. The molecule has 0 bridgehead atoms. The molecule has 1 heterocycles. The normalized spacial score (nSPS) is 11.5. The van der Waals surface area contributed by atoms with Gasteiger partial charge in [0, 0.05) is 11.8 Å². The van der Waals surface area contributed by atoms with Crippen molar-refractivity contribution in [2.24, 2.45) is 0 Å². The van der Waals surface area contributed by atoms with Gasteiger partial charge in [-0.15, -0.1) is 0 Å². The smallest absolute Gasteiger partial charge is 0.335 e. The first-order chi connectivity index (χ1) is 14.0. The van der Waals surface area contributed by atoms with Crippen molar-refractivity contribution in [2.75, 3.05) is 18.5 Å². The van der Waals surface area contributed by atoms with Crippen LogP contribution in [0.2, 0.25) is 0 Å². The highest BCUT2D eigenvalue weighted by Gasteiger charge is 2.26. The molecule has 3 aromatic rings. The van der Waals surface area contributed by atoms with Gasteiger partial charge in [0.15, 0.2) is 11.2 Å². The number of nitrogens with one attached hydrogen (secondary N) is 1. The van der Waals surface area contributed by atoms with Crippen molar-refractivity contribution < 1.29 is 22.8 Å². The molecule has 29 heavy (non-hydrogen) atoms. The van der Waals surface area contributed by atoms with Crippen LogP contribution < -0.4 is 10.7 Å². The molecular weight excluding hydrogens is 393 g/mol. The summed E-state index contributed by atoms with van der Waals surface area (Å²) in [5.74, 6) is -0.691. The first kappa shape index (κ1) is 21.0. The molecule has 0 aliphatic heterocycles. The molecule has 0 aliphatic rings. The van der Waals surface area contributed by atoms with Gasteiger partial charge in [-0.05, 0) is 37.6 Å². The lowest BCUT2D eigenvalue weighted by molar-refractivity contribution is 0.0997. The first-order valence-electron chi connectivity index (χ1n) is 9.26. The van der Waals surface area contributed by atoms with Crippen molar-refractivity contribution in [1.29, 1.82) is 0 Å². The van der Waals surface area contributed by atoms with Crippen molar-refractivity contribution in [3.8, 4) is 0 Å². The predicted molar refractivity (Wildman–Crippen MR) is 111 cm³/mol. The minimum atomic E-state index is -3.35. The van der Waals surface area contributed by atoms with E-state index in [0.717, 1.165) is 6.07 Å². The number of benzene rings is 2. The highest BCUT2D eigenvalue weighted by Crippen LogP contribution is 2.52. The summed E-state index contributed by atoms with van der Waals surface area (Å²) in [4.78, 5) is 24.9. The highest BCUT2D eigenvalue weighted by atomic mass is 31.2. The Morgan fingerprint density at radius 1 is 1.03 bits per heavy atom. The molecule has 0 atom stereocenters. The number of para-hydroxylation sites is 2. The topological polar surface area (TPSA) is 94.8 Å². The molecule has 2 aromatic carbocycles. The van der Waals surface area contributed by atoms with E-state index in [1.54, 1.807) is 62.4 Å². The van der Waals surface area contributed by atoms with E-state index in [1.807, 2.05) is 0 Å². The fourth-order valence-corrected chi connectivity index (χ4v) is 4.65. The first-order valence-corrected chi connectivity index (χ1v) is 11.0. The van der Waals surface area contributed by atoms with Crippen molar-refractivity contribution in [2.45, 2.75) is 20.0 Å². The van der Waals surface area contributed by atoms with Crippen LogP contribution >= 0.6 is 7.60 Å². The Labute approximate surface area is 168 Å². The summed E-state index contributed by atoms with van der Waals surface area (Å²) in [6, 6.07) is 14.8. The van der Waals surface area contributed by atoms with Gasteiger partial charge >= 0.3 is 7.60 Å². The second-order valence-electron chi connectivity index (χ2n) is 6.19. The number of rotatable bonds is 8. The van der Waals surface area contributed by atoms with E-state index in [4.69, 9.17) is 13.5 Å². The number of hydrogen-bond acceptors (Lipinski definition) is 6. The zero-order valence-corrected chi connectivity index (χ0v) is 17.1. The molecular formula is C21H22NO6P. The molecule has 0 spiro atoms. The monoisotopic (exact) mass is 415 g/mol. The molecule has 1 amide bonds. The Balaban J connectivity index is 1.88. The van der Waals surface area contributed by atoms with Gasteiger partial charge < -0.3 is 18.8 Å². The number of fused-ring (bicyclic) bond motifs is 1. The summed E-state index contributed by atoms with van der Waals surface area (Å²) in [6.45, 7) is 3.96. The lowest BCUT2D eigenvalue weighted by Gasteiger charge is -2.19. The highest BCUT2D eigenvalue weighted by molar-refractivity contribution is 7.53. The Bertz CT molecular complexity index is 1110. The van der Waals surface area contributed by atoms with Gasteiger partial charge in [0.2, 0.25) is 0 Å². The molecule has 1 aromatic heterocycles. The SMILES string of the molecule is CCOP(=O)(Cc1ccccc1NC(=O)c1cc(=O)c2ccccc2o1)OCC. The van der Waals surface area contributed by atoms with Crippen LogP contribution in [-0.2, 0) is 19.8 Å². The zero-order chi connectivity index (χ0) is 20.9. The van der Waals surface area contributed by atoms with Gasteiger partial charge in [0.25, 0.3) is 5.91 Å². The van der Waals surface area contributed by atoms with E-state index in [1.165, 1.54) is 0 Å². The molecule has 0 unspecified atom stereocenters. The molecule has 152 valence electrons. The average molecular weight is 415 g/mol. The summed E-state index contributed by atoms with van der Waals surface area (Å²) in [6.07, 6.45) is 0.00675. The minimum absolute atomic E-state index is 0.00675. The Hall–Kier alpha value is -2.73. The molecule has 0 saturated heterocycles. The van der Waals surface area contributed by atoms with Crippen LogP contribution in [0.5, 0.6) is 0 Å². The number of hydrogen-bond donors (Lipinski definition) is 1. The third-order valence-corrected chi connectivity index (χ3v) is 6.17. The maximum atomic E-state index is 12.9. The van der Waals surface area contributed by atoms with E-state index in [-0.39, 0.29) is 30.6 Å².